The standard InChI is InChI=1S/C30H26FNO5/c1-5-36-23-13-18(7-6-16(23)2)26-27-21-14-19(31)8-9-22(21)37-30(33)29(27)32-11-10-17-12-24(34-3)25(35-4)15-20(17)28(26)32/h6-9,12-15H,5,10-11H2,1-4H3. The lowest BCUT2D eigenvalue weighted by atomic mass is 9.91. The van der Waals surface area contributed by atoms with Gasteiger partial charge in [0.15, 0.2) is 11.5 Å². The monoisotopic (exact) mass is 499 g/mol. The molecule has 0 unspecified atom stereocenters. The lowest BCUT2D eigenvalue weighted by Gasteiger charge is -2.23. The van der Waals surface area contributed by atoms with Crippen LogP contribution in [0.2, 0.25) is 0 Å². The molecule has 0 spiro atoms. The summed E-state index contributed by atoms with van der Waals surface area (Å²) in [5.41, 5.74) is 5.86. The van der Waals surface area contributed by atoms with E-state index in [1.807, 2.05) is 48.7 Å². The van der Waals surface area contributed by atoms with Crippen molar-refractivity contribution in [3.63, 3.8) is 0 Å². The van der Waals surface area contributed by atoms with Gasteiger partial charge in [0.25, 0.3) is 0 Å². The average Bonchev–Trinajstić information content (AvgIpc) is 3.26. The number of rotatable bonds is 5. The minimum atomic E-state index is -0.456. The van der Waals surface area contributed by atoms with E-state index >= 15 is 0 Å². The van der Waals surface area contributed by atoms with Gasteiger partial charge >= 0.3 is 5.63 Å². The van der Waals surface area contributed by atoms with Gasteiger partial charge in [0, 0.05) is 28.4 Å². The minimum Gasteiger partial charge on any atom is -0.494 e. The predicted octanol–water partition coefficient (Wildman–Crippen LogP) is 6.50. The topological polar surface area (TPSA) is 62.8 Å². The van der Waals surface area contributed by atoms with E-state index in [-0.39, 0.29) is 0 Å². The molecule has 7 heteroatoms. The number of halogens is 1. The molecule has 0 aliphatic carbocycles. The maximum absolute atomic E-state index is 14.5. The molecule has 6 rings (SSSR count). The Morgan fingerprint density at radius 1 is 1.00 bits per heavy atom. The number of hydrogen-bond acceptors (Lipinski definition) is 5. The summed E-state index contributed by atoms with van der Waals surface area (Å²) in [6.45, 7) is 5.02. The molecule has 0 saturated heterocycles. The van der Waals surface area contributed by atoms with Crippen LogP contribution in [0.3, 0.4) is 0 Å². The van der Waals surface area contributed by atoms with Gasteiger partial charge in [-0.2, -0.15) is 0 Å². The van der Waals surface area contributed by atoms with Gasteiger partial charge in [0.05, 0.1) is 26.5 Å². The van der Waals surface area contributed by atoms with Crippen LogP contribution in [0.4, 0.5) is 4.39 Å². The quantitative estimate of drug-likeness (QED) is 0.258. The zero-order valence-electron chi connectivity index (χ0n) is 21.1. The summed E-state index contributed by atoms with van der Waals surface area (Å²) in [5, 5.41) is 1.21. The first-order valence-electron chi connectivity index (χ1n) is 12.2. The molecule has 0 amide bonds. The van der Waals surface area contributed by atoms with Crippen LogP contribution >= 0.6 is 0 Å². The van der Waals surface area contributed by atoms with Gasteiger partial charge < -0.3 is 23.2 Å². The first-order chi connectivity index (χ1) is 17.9. The molecule has 1 aliphatic heterocycles. The van der Waals surface area contributed by atoms with Crippen molar-refractivity contribution in [2.75, 3.05) is 20.8 Å². The second kappa shape index (κ2) is 8.69. The summed E-state index contributed by atoms with van der Waals surface area (Å²) in [6, 6.07) is 14.2. The number of aryl methyl sites for hydroxylation is 3. The van der Waals surface area contributed by atoms with Gasteiger partial charge in [0.2, 0.25) is 0 Å². The number of aromatic nitrogens is 1. The van der Waals surface area contributed by atoms with Crippen LogP contribution in [0.15, 0.2) is 57.7 Å². The smallest absolute Gasteiger partial charge is 0.361 e. The summed E-state index contributed by atoms with van der Waals surface area (Å²) in [6.07, 6.45) is 0.685. The van der Waals surface area contributed by atoms with Gasteiger partial charge in [-0.3, -0.25) is 0 Å². The number of nitrogens with zero attached hydrogens (tertiary/aromatic N) is 1. The zero-order valence-corrected chi connectivity index (χ0v) is 21.1. The third-order valence-electron chi connectivity index (χ3n) is 7.12. The predicted molar refractivity (Wildman–Crippen MR) is 142 cm³/mol. The molecule has 0 saturated carbocycles. The van der Waals surface area contributed by atoms with Gasteiger partial charge in [-0.05, 0) is 73.4 Å². The van der Waals surface area contributed by atoms with E-state index in [0.717, 1.165) is 39.3 Å². The number of ether oxygens (including phenoxy) is 3. The Kier molecular flexibility index (Phi) is 5.44. The Labute approximate surface area is 212 Å². The Morgan fingerprint density at radius 2 is 1.78 bits per heavy atom. The summed E-state index contributed by atoms with van der Waals surface area (Å²) >= 11 is 0. The fourth-order valence-electron chi connectivity index (χ4n) is 5.46. The Balaban J connectivity index is 1.81. The molecule has 0 atom stereocenters. The number of hydrogen-bond donors (Lipinski definition) is 0. The van der Waals surface area contributed by atoms with E-state index in [1.165, 1.54) is 18.2 Å². The molecule has 5 aromatic rings. The lowest BCUT2D eigenvalue weighted by Crippen LogP contribution is -2.15. The van der Waals surface area contributed by atoms with Crippen LogP contribution in [-0.2, 0) is 13.0 Å². The van der Waals surface area contributed by atoms with Crippen LogP contribution in [-0.4, -0.2) is 25.4 Å². The highest BCUT2D eigenvalue weighted by Gasteiger charge is 2.30. The molecule has 188 valence electrons. The van der Waals surface area contributed by atoms with Crippen molar-refractivity contribution in [3.05, 3.63) is 75.9 Å². The molecular weight excluding hydrogens is 473 g/mol. The van der Waals surface area contributed by atoms with E-state index in [4.69, 9.17) is 18.6 Å². The van der Waals surface area contributed by atoms with E-state index in [9.17, 15) is 9.18 Å². The van der Waals surface area contributed by atoms with Gasteiger partial charge in [-0.15, -0.1) is 0 Å². The van der Waals surface area contributed by atoms with Crippen molar-refractivity contribution in [2.24, 2.45) is 0 Å². The first-order valence-corrected chi connectivity index (χ1v) is 12.2. The Morgan fingerprint density at radius 3 is 2.54 bits per heavy atom. The largest absolute Gasteiger partial charge is 0.494 e. The molecule has 0 fully saturated rings. The highest BCUT2D eigenvalue weighted by Crippen LogP contribution is 2.48. The molecule has 0 bridgehead atoms. The van der Waals surface area contributed by atoms with Crippen LogP contribution in [0.5, 0.6) is 17.2 Å². The number of methoxy groups -OCH3 is 2. The highest BCUT2D eigenvalue weighted by atomic mass is 19.1. The molecule has 0 radical (unpaired) electrons. The van der Waals surface area contributed by atoms with Crippen molar-refractivity contribution < 1.29 is 23.0 Å². The second-order valence-electron chi connectivity index (χ2n) is 9.16. The maximum atomic E-state index is 14.5. The van der Waals surface area contributed by atoms with Crippen molar-refractivity contribution in [3.8, 4) is 39.6 Å². The van der Waals surface area contributed by atoms with Gasteiger partial charge in [-0.1, -0.05) is 12.1 Å². The van der Waals surface area contributed by atoms with Gasteiger partial charge in [0.1, 0.15) is 22.7 Å². The third-order valence-corrected chi connectivity index (χ3v) is 7.12. The average molecular weight is 500 g/mol. The minimum absolute atomic E-state index is 0.341. The number of benzene rings is 3. The zero-order chi connectivity index (χ0) is 25.8. The molecule has 2 aromatic heterocycles. The molecule has 37 heavy (non-hydrogen) atoms. The summed E-state index contributed by atoms with van der Waals surface area (Å²) in [7, 11) is 3.21. The van der Waals surface area contributed by atoms with Crippen molar-refractivity contribution >= 4 is 21.9 Å². The maximum Gasteiger partial charge on any atom is 0.361 e. The Hall–Kier alpha value is -4.26. The summed E-state index contributed by atoms with van der Waals surface area (Å²) < 4.78 is 39.3. The van der Waals surface area contributed by atoms with Crippen LogP contribution in [0.25, 0.3) is 44.3 Å². The van der Waals surface area contributed by atoms with Gasteiger partial charge in [-0.25, -0.2) is 9.18 Å². The van der Waals surface area contributed by atoms with E-state index in [2.05, 4.69) is 0 Å². The third kappa shape index (κ3) is 3.49. The van der Waals surface area contributed by atoms with E-state index < -0.39 is 11.4 Å². The van der Waals surface area contributed by atoms with E-state index in [1.54, 1.807) is 14.2 Å². The molecule has 3 heterocycles. The molecule has 1 aliphatic rings. The van der Waals surface area contributed by atoms with Crippen LogP contribution in [0, 0.1) is 12.7 Å². The highest BCUT2D eigenvalue weighted by molar-refractivity contribution is 6.16. The molecule has 6 nitrogen and oxygen atoms in total. The lowest BCUT2D eigenvalue weighted by molar-refractivity contribution is 0.338. The van der Waals surface area contributed by atoms with E-state index in [0.29, 0.717) is 52.9 Å². The SMILES string of the molecule is CCOc1cc(-c2c3n(c4c(=O)oc5ccc(F)cc5c24)CCc2cc(OC)c(OC)cc2-3)ccc1C. The van der Waals surface area contributed by atoms with Crippen molar-refractivity contribution in [1.29, 1.82) is 0 Å². The van der Waals surface area contributed by atoms with Crippen LogP contribution in [0.1, 0.15) is 18.1 Å². The normalized spacial score (nSPS) is 12.5. The molecule has 3 aromatic carbocycles. The fraction of sp³-hybridized carbons (Fsp3) is 0.233. The Bertz CT molecular complexity index is 1760. The fourth-order valence-corrected chi connectivity index (χ4v) is 5.46. The molecule has 0 N–H and O–H groups in total. The second-order valence-corrected chi connectivity index (χ2v) is 9.16. The molecular formula is C30H26FNO5. The summed E-state index contributed by atoms with van der Waals surface area (Å²) in [5.74, 6) is 1.60. The van der Waals surface area contributed by atoms with Crippen molar-refractivity contribution in [1.82, 2.24) is 4.57 Å². The first kappa shape index (κ1) is 23.2. The van der Waals surface area contributed by atoms with Crippen LogP contribution < -0.4 is 19.8 Å². The summed E-state index contributed by atoms with van der Waals surface area (Å²) in [4.78, 5) is 13.4. The number of fused-ring (bicyclic) bond motifs is 7. The van der Waals surface area contributed by atoms with Crippen molar-refractivity contribution in [2.45, 2.75) is 26.8 Å².